The van der Waals surface area contributed by atoms with Gasteiger partial charge in [-0.15, -0.1) is 4.95 Å². The molecule has 198 valence electrons. The monoisotopic (exact) mass is 554 g/mol. The van der Waals surface area contributed by atoms with Crippen molar-refractivity contribution in [1.29, 1.82) is 5.26 Å². The zero-order valence-corrected chi connectivity index (χ0v) is 21.4. The maximum Gasteiger partial charge on any atom is 0.206 e. The van der Waals surface area contributed by atoms with Crippen LogP contribution in [0.3, 0.4) is 0 Å². The number of benzene rings is 5. The minimum atomic E-state index is -0.702. The highest BCUT2D eigenvalue weighted by Gasteiger charge is 2.18. The first-order chi connectivity index (χ1) is 20.3. The second kappa shape index (κ2) is 9.36. The summed E-state index contributed by atoms with van der Waals surface area (Å²) < 4.78 is 55.8. The Morgan fingerprint density at radius 3 is 1.38 bits per heavy atom. The van der Waals surface area contributed by atoms with Crippen LogP contribution < -0.4 is 10.7 Å². The summed E-state index contributed by atoms with van der Waals surface area (Å²) in [6, 6.07) is 20.9. The molecule has 0 aliphatic carbocycles. The van der Waals surface area contributed by atoms with Crippen LogP contribution >= 0.6 is 0 Å². The minimum Gasteiger partial charge on any atom is -0.207 e. The fraction of sp³-hybridized carbons (Fsp3) is 0. The van der Waals surface area contributed by atoms with Gasteiger partial charge in [-0.05, 0) is 92.3 Å². The predicted molar refractivity (Wildman–Crippen MR) is 153 cm³/mol. The van der Waals surface area contributed by atoms with Crippen LogP contribution in [0.15, 0.2) is 95.0 Å². The molecule has 0 saturated heterocycles. The molecular formula is C34H14F4N4. The molecule has 0 heterocycles. The number of fused-ring (bicyclic) bond motifs is 6. The van der Waals surface area contributed by atoms with Crippen molar-refractivity contribution in [1.82, 2.24) is 0 Å². The lowest BCUT2D eigenvalue weighted by molar-refractivity contribution is 0.583. The van der Waals surface area contributed by atoms with Gasteiger partial charge in [-0.3, -0.25) is 0 Å². The van der Waals surface area contributed by atoms with Crippen LogP contribution in [0.2, 0.25) is 0 Å². The van der Waals surface area contributed by atoms with Crippen LogP contribution in [0.5, 0.6) is 0 Å². The van der Waals surface area contributed by atoms with Crippen molar-refractivity contribution in [3.8, 4) is 28.4 Å². The van der Waals surface area contributed by atoms with E-state index < -0.39 is 23.3 Å². The lowest BCUT2D eigenvalue weighted by Gasteiger charge is -2.03. The van der Waals surface area contributed by atoms with E-state index in [0.29, 0.717) is 54.5 Å². The third-order valence-corrected chi connectivity index (χ3v) is 7.50. The molecule has 0 aromatic heterocycles. The lowest BCUT2D eigenvalue weighted by atomic mass is 10.0. The van der Waals surface area contributed by atoms with E-state index in [0.717, 1.165) is 33.7 Å². The summed E-state index contributed by atoms with van der Waals surface area (Å²) in [6.07, 6.45) is 1.86. The van der Waals surface area contributed by atoms with Gasteiger partial charge in [0, 0.05) is 33.7 Å². The molecule has 4 nitrogen and oxygen atoms in total. The van der Waals surface area contributed by atoms with Crippen LogP contribution in [0, 0.1) is 41.3 Å². The summed E-state index contributed by atoms with van der Waals surface area (Å²) >= 11 is 0. The highest BCUT2D eigenvalue weighted by Crippen LogP contribution is 2.35. The zero-order chi connectivity index (χ0) is 29.1. The SMILES string of the molecule is [C-]#[N+]/N=c1\c2cc(-c3cc(F)cc(F)c3)ccc2c2cc3c(=NC#N)c4cc(-c5cc(F)cc(F)c5)ccc4c3cc12. The molecule has 7 aromatic carbocycles. The van der Waals surface area contributed by atoms with Crippen molar-refractivity contribution in [3.63, 3.8) is 0 Å². The van der Waals surface area contributed by atoms with E-state index in [9.17, 15) is 22.8 Å². The van der Waals surface area contributed by atoms with Gasteiger partial charge in [0.25, 0.3) is 0 Å². The van der Waals surface area contributed by atoms with Gasteiger partial charge in [0.05, 0.1) is 10.5 Å². The van der Waals surface area contributed by atoms with Crippen molar-refractivity contribution in [2.75, 3.05) is 0 Å². The third-order valence-electron chi connectivity index (χ3n) is 7.50. The molecular weight excluding hydrogens is 540 g/mol. The zero-order valence-electron chi connectivity index (χ0n) is 21.4. The number of rotatable bonds is 2. The quantitative estimate of drug-likeness (QED) is 0.0920. The van der Waals surface area contributed by atoms with Crippen LogP contribution in [0.4, 0.5) is 17.6 Å². The molecule has 0 saturated carbocycles. The molecule has 0 aliphatic rings. The van der Waals surface area contributed by atoms with Crippen LogP contribution in [-0.4, -0.2) is 0 Å². The Balaban J connectivity index is 1.54. The molecule has 0 spiro atoms. The number of nitrogens with zero attached hydrogens (tertiary/aromatic N) is 4. The molecule has 7 rings (SSSR count). The van der Waals surface area contributed by atoms with Crippen molar-refractivity contribution >= 4 is 43.1 Å². The van der Waals surface area contributed by atoms with E-state index in [4.69, 9.17) is 6.57 Å². The van der Waals surface area contributed by atoms with Gasteiger partial charge in [-0.2, -0.15) is 16.8 Å². The third kappa shape index (κ3) is 3.89. The minimum absolute atomic E-state index is 0.347. The summed E-state index contributed by atoms with van der Waals surface area (Å²) in [7, 11) is 0. The fourth-order valence-corrected chi connectivity index (χ4v) is 5.81. The Hall–Kier alpha value is -5.86. The summed E-state index contributed by atoms with van der Waals surface area (Å²) in [4.78, 5) is 7.39. The topological polar surface area (TPSA) is 52.9 Å². The lowest BCUT2D eigenvalue weighted by Crippen LogP contribution is -1.99. The smallest absolute Gasteiger partial charge is 0.206 e. The molecule has 0 aliphatic heterocycles. The first-order valence-corrected chi connectivity index (χ1v) is 12.7. The number of halogens is 4. The van der Waals surface area contributed by atoms with Crippen LogP contribution in [-0.2, 0) is 0 Å². The average molecular weight is 555 g/mol. The average Bonchev–Trinajstić information content (AvgIpc) is 3.42. The van der Waals surface area contributed by atoms with Gasteiger partial charge in [-0.1, -0.05) is 24.3 Å². The number of hydrogen-bond acceptors (Lipinski definition) is 3. The van der Waals surface area contributed by atoms with Gasteiger partial charge in [0.15, 0.2) is 5.36 Å². The van der Waals surface area contributed by atoms with Crippen LogP contribution in [0.25, 0.3) is 70.3 Å². The van der Waals surface area contributed by atoms with E-state index in [1.807, 2.05) is 30.5 Å². The number of hydrogen-bond donors (Lipinski definition) is 0. The molecule has 0 amide bonds. The highest BCUT2D eigenvalue weighted by molar-refractivity contribution is 6.21. The molecule has 0 radical (unpaired) electrons. The molecule has 0 fully saturated rings. The molecule has 0 unspecified atom stereocenters. The molecule has 0 bridgehead atoms. The predicted octanol–water partition coefficient (Wildman–Crippen LogP) is 8.18. The van der Waals surface area contributed by atoms with E-state index in [1.165, 1.54) is 24.3 Å². The van der Waals surface area contributed by atoms with Gasteiger partial charge < -0.3 is 0 Å². The normalized spacial score (nSPS) is 12.5. The van der Waals surface area contributed by atoms with E-state index in [2.05, 4.69) is 15.0 Å². The van der Waals surface area contributed by atoms with Crippen LogP contribution in [0.1, 0.15) is 0 Å². The van der Waals surface area contributed by atoms with Gasteiger partial charge >= 0.3 is 0 Å². The Bertz CT molecular complexity index is 2270. The maximum atomic E-state index is 13.9. The summed E-state index contributed by atoms with van der Waals surface area (Å²) in [5, 5.41) is 20.1. The standard InChI is InChI=1S/C34H14F4N4/c1-40-42-34-30-11-18(20-8-23(37)13-24(38)9-20)3-5-26(30)28-14-31-27(15-32(28)34)25-4-2-17(10-29(25)33(31)41-16-39)19-6-21(35)12-22(36)7-19/h2-15H/b41-33?,42-34+. The van der Waals surface area contributed by atoms with E-state index >= 15 is 0 Å². The summed E-state index contributed by atoms with van der Waals surface area (Å²) in [6.45, 7) is 7.45. The Kier molecular flexibility index (Phi) is 5.60. The van der Waals surface area contributed by atoms with Crippen molar-refractivity contribution in [2.45, 2.75) is 0 Å². The van der Waals surface area contributed by atoms with Crippen molar-refractivity contribution in [2.24, 2.45) is 10.1 Å². The Morgan fingerprint density at radius 1 is 0.500 bits per heavy atom. The van der Waals surface area contributed by atoms with Crippen molar-refractivity contribution in [3.05, 3.63) is 130 Å². The Morgan fingerprint density at radius 2 is 0.929 bits per heavy atom. The summed E-state index contributed by atoms with van der Waals surface area (Å²) in [5.74, 6) is -2.80. The maximum absolute atomic E-state index is 13.9. The Labute approximate surface area is 234 Å². The van der Waals surface area contributed by atoms with Gasteiger partial charge in [-0.25, -0.2) is 17.6 Å². The van der Waals surface area contributed by atoms with Crippen molar-refractivity contribution < 1.29 is 17.6 Å². The van der Waals surface area contributed by atoms with E-state index in [1.54, 1.807) is 24.3 Å². The molecule has 0 atom stereocenters. The first-order valence-electron chi connectivity index (χ1n) is 12.7. The second-order valence-corrected chi connectivity index (χ2v) is 9.89. The fourth-order valence-electron chi connectivity index (χ4n) is 5.81. The van der Waals surface area contributed by atoms with Gasteiger partial charge in [0.2, 0.25) is 6.19 Å². The molecule has 8 heteroatoms. The first kappa shape index (κ1) is 25.1. The highest BCUT2D eigenvalue weighted by atomic mass is 19.1. The van der Waals surface area contributed by atoms with Gasteiger partial charge in [0.1, 0.15) is 23.3 Å². The molecule has 7 aromatic rings. The summed E-state index contributed by atoms with van der Waals surface area (Å²) in [5.41, 5.74) is 1.81. The molecule has 0 N–H and O–H groups in total. The molecule has 42 heavy (non-hydrogen) atoms. The number of nitriles is 1. The van der Waals surface area contributed by atoms with E-state index in [-0.39, 0.29) is 0 Å². The largest absolute Gasteiger partial charge is 0.207 e. The second-order valence-electron chi connectivity index (χ2n) is 9.89.